The fourth-order valence-corrected chi connectivity index (χ4v) is 2.16. The zero-order valence-electron chi connectivity index (χ0n) is 10.8. The van der Waals surface area contributed by atoms with Gasteiger partial charge in [-0.1, -0.05) is 12.1 Å². The van der Waals surface area contributed by atoms with E-state index in [1.54, 1.807) is 31.2 Å². The molecular weight excluding hydrogens is 257 g/mol. The molecule has 3 rings (SSSR count). The van der Waals surface area contributed by atoms with Crippen LogP contribution < -0.4 is 5.73 Å². The Bertz CT molecular complexity index is 820. The highest BCUT2D eigenvalue weighted by Crippen LogP contribution is 2.24. The number of carbonyl (C=O) groups excluding carboxylic acids is 1. The predicted molar refractivity (Wildman–Crippen MR) is 75.2 cm³/mol. The molecule has 20 heavy (non-hydrogen) atoms. The van der Waals surface area contributed by atoms with E-state index in [4.69, 9.17) is 10.2 Å². The first-order valence-corrected chi connectivity index (χ1v) is 6.15. The Kier molecular flexibility index (Phi) is 2.79. The maximum absolute atomic E-state index is 13.1. The quantitative estimate of drug-likeness (QED) is 0.570. The molecule has 1 heterocycles. The van der Waals surface area contributed by atoms with E-state index < -0.39 is 0 Å². The van der Waals surface area contributed by atoms with Gasteiger partial charge in [0.05, 0.1) is 0 Å². The van der Waals surface area contributed by atoms with Crippen molar-refractivity contribution in [1.82, 2.24) is 0 Å². The van der Waals surface area contributed by atoms with Gasteiger partial charge >= 0.3 is 0 Å². The number of nitrogen functional groups attached to an aromatic ring is 1. The third kappa shape index (κ3) is 1.95. The summed E-state index contributed by atoms with van der Waals surface area (Å²) < 4.78 is 18.6. The van der Waals surface area contributed by atoms with Crippen molar-refractivity contribution in [2.45, 2.75) is 6.92 Å². The lowest BCUT2D eigenvalue weighted by atomic mass is 10.0. The number of ketones is 1. The van der Waals surface area contributed by atoms with E-state index in [2.05, 4.69) is 0 Å². The van der Waals surface area contributed by atoms with Gasteiger partial charge in [0.2, 0.25) is 5.78 Å². The molecule has 0 aliphatic rings. The minimum Gasteiger partial charge on any atom is -0.453 e. The van der Waals surface area contributed by atoms with Crippen LogP contribution in [0.3, 0.4) is 0 Å². The van der Waals surface area contributed by atoms with Gasteiger partial charge in [0, 0.05) is 16.6 Å². The van der Waals surface area contributed by atoms with Crippen LogP contribution >= 0.6 is 0 Å². The molecule has 0 atom stereocenters. The molecular formula is C16H12FNO2. The summed E-state index contributed by atoms with van der Waals surface area (Å²) in [5.41, 5.74) is 8.04. The molecule has 0 amide bonds. The summed E-state index contributed by atoms with van der Waals surface area (Å²) in [6.45, 7) is 1.78. The lowest BCUT2D eigenvalue weighted by molar-refractivity contribution is 0.101. The molecule has 0 fully saturated rings. The summed E-state index contributed by atoms with van der Waals surface area (Å²) in [5, 5.41) is 0.565. The number of hydrogen-bond donors (Lipinski definition) is 1. The molecule has 0 unspecified atom stereocenters. The molecule has 0 bridgehead atoms. The Hall–Kier alpha value is -2.62. The van der Waals surface area contributed by atoms with Crippen molar-refractivity contribution < 1.29 is 13.6 Å². The van der Waals surface area contributed by atoms with Crippen LogP contribution in [0.5, 0.6) is 0 Å². The van der Waals surface area contributed by atoms with Gasteiger partial charge in [-0.25, -0.2) is 4.39 Å². The van der Waals surface area contributed by atoms with Gasteiger partial charge in [-0.15, -0.1) is 0 Å². The second-order valence-corrected chi connectivity index (χ2v) is 4.64. The van der Waals surface area contributed by atoms with Crippen LogP contribution in [0.25, 0.3) is 11.0 Å². The van der Waals surface area contributed by atoms with E-state index >= 15 is 0 Å². The molecule has 0 radical (unpaired) electrons. The normalized spacial score (nSPS) is 10.9. The first-order chi connectivity index (χ1) is 9.56. The van der Waals surface area contributed by atoms with Gasteiger partial charge in [-0.2, -0.15) is 0 Å². The maximum Gasteiger partial charge on any atom is 0.228 e. The van der Waals surface area contributed by atoms with Crippen molar-refractivity contribution >= 4 is 22.4 Å². The molecule has 0 aliphatic carbocycles. The Morgan fingerprint density at radius 1 is 1.20 bits per heavy atom. The van der Waals surface area contributed by atoms with Gasteiger partial charge in [0.1, 0.15) is 11.4 Å². The smallest absolute Gasteiger partial charge is 0.228 e. The topological polar surface area (TPSA) is 56.2 Å². The van der Waals surface area contributed by atoms with Crippen molar-refractivity contribution in [3.05, 3.63) is 65.2 Å². The van der Waals surface area contributed by atoms with E-state index in [0.717, 1.165) is 0 Å². The number of benzene rings is 2. The van der Waals surface area contributed by atoms with E-state index in [9.17, 15) is 9.18 Å². The molecule has 2 N–H and O–H groups in total. The lowest BCUT2D eigenvalue weighted by Gasteiger charge is -2.05. The average Bonchev–Trinajstić information content (AvgIpc) is 2.84. The van der Waals surface area contributed by atoms with Gasteiger partial charge < -0.3 is 10.2 Å². The Morgan fingerprint density at radius 2 is 2.00 bits per heavy atom. The number of furan rings is 1. The summed E-state index contributed by atoms with van der Waals surface area (Å²) in [6, 6.07) is 10.8. The molecule has 2 aromatic carbocycles. The number of rotatable bonds is 2. The van der Waals surface area contributed by atoms with E-state index in [-0.39, 0.29) is 17.4 Å². The molecule has 4 heteroatoms. The van der Waals surface area contributed by atoms with Crippen molar-refractivity contribution in [2.24, 2.45) is 0 Å². The predicted octanol–water partition coefficient (Wildman–Crippen LogP) is 3.69. The monoisotopic (exact) mass is 269 g/mol. The molecule has 0 spiro atoms. The minimum absolute atomic E-state index is 0.180. The number of nitrogens with two attached hydrogens (primary N) is 1. The minimum atomic E-state index is -0.363. The van der Waals surface area contributed by atoms with E-state index in [0.29, 0.717) is 27.8 Å². The number of anilines is 1. The van der Waals surface area contributed by atoms with Crippen molar-refractivity contribution in [2.75, 3.05) is 5.73 Å². The van der Waals surface area contributed by atoms with E-state index in [1.165, 1.54) is 18.2 Å². The summed E-state index contributed by atoms with van der Waals surface area (Å²) in [6.07, 6.45) is 0. The standard InChI is InChI=1S/C16H12FNO2/c1-9-12(3-2-4-13(9)18)16(19)15-8-10-7-11(17)5-6-14(10)20-15/h2-8H,18H2,1H3. The van der Waals surface area contributed by atoms with Crippen LogP contribution in [0.15, 0.2) is 46.9 Å². The fourth-order valence-electron chi connectivity index (χ4n) is 2.16. The molecule has 1 aromatic heterocycles. The number of fused-ring (bicyclic) bond motifs is 1. The number of hydrogen-bond acceptors (Lipinski definition) is 3. The lowest BCUT2D eigenvalue weighted by Crippen LogP contribution is -2.04. The van der Waals surface area contributed by atoms with Crippen LogP contribution in [0.4, 0.5) is 10.1 Å². The summed E-state index contributed by atoms with van der Waals surface area (Å²) in [4.78, 5) is 12.4. The highest BCUT2D eigenvalue weighted by Gasteiger charge is 2.17. The number of halogens is 1. The maximum atomic E-state index is 13.1. The molecule has 3 aromatic rings. The van der Waals surface area contributed by atoms with Crippen LogP contribution in [0.1, 0.15) is 21.7 Å². The molecule has 0 saturated carbocycles. The third-order valence-electron chi connectivity index (χ3n) is 3.32. The zero-order valence-corrected chi connectivity index (χ0v) is 10.8. The Labute approximate surface area is 114 Å². The molecule has 100 valence electrons. The highest BCUT2D eigenvalue weighted by molar-refractivity contribution is 6.10. The van der Waals surface area contributed by atoms with Crippen LogP contribution in [-0.4, -0.2) is 5.78 Å². The summed E-state index contributed by atoms with van der Waals surface area (Å²) in [7, 11) is 0. The van der Waals surface area contributed by atoms with Crippen LogP contribution in [0.2, 0.25) is 0 Å². The van der Waals surface area contributed by atoms with E-state index in [1.807, 2.05) is 0 Å². The summed E-state index contributed by atoms with van der Waals surface area (Å²) >= 11 is 0. The second-order valence-electron chi connectivity index (χ2n) is 4.64. The van der Waals surface area contributed by atoms with Gasteiger partial charge in [-0.05, 0) is 42.8 Å². The van der Waals surface area contributed by atoms with Crippen molar-refractivity contribution in [1.29, 1.82) is 0 Å². The number of carbonyl (C=O) groups is 1. The molecule has 0 saturated heterocycles. The summed E-state index contributed by atoms with van der Waals surface area (Å²) in [5.74, 6) is -0.442. The molecule has 0 aliphatic heterocycles. The van der Waals surface area contributed by atoms with Gasteiger partial charge in [-0.3, -0.25) is 4.79 Å². The zero-order chi connectivity index (χ0) is 14.3. The Morgan fingerprint density at radius 3 is 2.80 bits per heavy atom. The Balaban J connectivity index is 2.10. The fraction of sp³-hybridized carbons (Fsp3) is 0.0625. The van der Waals surface area contributed by atoms with Crippen molar-refractivity contribution in [3.63, 3.8) is 0 Å². The van der Waals surface area contributed by atoms with Crippen LogP contribution in [0, 0.1) is 12.7 Å². The first kappa shape index (κ1) is 12.4. The second kappa shape index (κ2) is 4.49. The first-order valence-electron chi connectivity index (χ1n) is 6.15. The SMILES string of the molecule is Cc1c(N)cccc1C(=O)c1cc2cc(F)ccc2o1. The van der Waals surface area contributed by atoms with Gasteiger partial charge in [0.15, 0.2) is 5.76 Å². The largest absolute Gasteiger partial charge is 0.453 e. The molecule has 3 nitrogen and oxygen atoms in total. The van der Waals surface area contributed by atoms with Crippen LogP contribution in [-0.2, 0) is 0 Å². The van der Waals surface area contributed by atoms with Gasteiger partial charge in [0.25, 0.3) is 0 Å². The average molecular weight is 269 g/mol. The highest BCUT2D eigenvalue weighted by atomic mass is 19.1. The third-order valence-corrected chi connectivity index (χ3v) is 3.32. The van der Waals surface area contributed by atoms with Crippen molar-refractivity contribution in [3.8, 4) is 0 Å².